The Morgan fingerprint density at radius 1 is 0.717 bits per heavy atom. The third-order valence-corrected chi connectivity index (χ3v) is 12.8. The summed E-state index contributed by atoms with van der Waals surface area (Å²) < 4.78 is 105. The lowest BCUT2D eigenvalue weighted by atomic mass is 9.86. The molecule has 2 aliphatic carbocycles. The molecule has 8 nitrogen and oxygen atoms in total. The van der Waals surface area contributed by atoms with E-state index in [4.69, 9.17) is 51.1 Å². The largest absolute Gasteiger partial charge is 0.457 e. The number of rotatable bonds is 10. The lowest BCUT2D eigenvalue weighted by Crippen LogP contribution is -2.14. The Labute approximate surface area is 364 Å². The molecule has 60 heavy (non-hydrogen) atoms. The van der Waals surface area contributed by atoms with Gasteiger partial charge in [0.25, 0.3) is 11.8 Å². The average Bonchev–Trinajstić information content (AvgIpc) is 3.70. The van der Waals surface area contributed by atoms with E-state index in [0.29, 0.717) is 42.8 Å². The van der Waals surface area contributed by atoms with Crippen LogP contribution in [-0.2, 0) is 40.7 Å². The first kappa shape index (κ1) is 45.7. The number of sulfone groups is 2. The van der Waals surface area contributed by atoms with Gasteiger partial charge in [-0.3, -0.25) is 4.79 Å². The van der Waals surface area contributed by atoms with Crippen molar-refractivity contribution in [3.63, 3.8) is 0 Å². The number of aromatic nitrogens is 2. The smallest absolute Gasteiger partial charge is 0.303 e. The van der Waals surface area contributed by atoms with Gasteiger partial charge in [0, 0.05) is 98.6 Å². The van der Waals surface area contributed by atoms with E-state index in [0.717, 1.165) is 28.1 Å². The van der Waals surface area contributed by atoms with Gasteiger partial charge in [0.15, 0.2) is 19.7 Å². The van der Waals surface area contributed by atoms with Crippen molar-refractivity contribution in [1.82, 2.24) is 9.97 Å². The molecular weight excluding hydrogens is 910 g/mol. The van der Waals surface area contributed by atoms with Gasteiger partial charge in [-0.2, -0.15) is 0 Å². The number of para-hydroxylation sites is 2. The molecule has 2 N–H and O–H groups in total. The molecule has 0 amide bonds. The van der Waals surface area contributed by atoms with Crippen molar-refractivity contribution in [2.24, 2.45) is 11.8 Å². The number of nitrogens with one attached hydrogen (secondary N) is 2. The van der Waals surface area contributed by atoms with Gasteiger partial charge in [0.05, 0.1) is 17.4 Å². The Bertz CT molecular complexity index is 2800. The van der Waals surface area contributed by atoms with E-state index in [2.05, 4.69) is 9.97 Å². The lowest BCUT2D eigenvalue weighted by Gasteiger charge is -2.19. The third kappa shape index (κ3) is 11.2. The fourth-order valence-corrected chi connectivity index (χ4v) is 9.89. The monoisotopic (exact) mass is 946 g/mol. The molecule has 0 spiro atoms. The first-order chi connectivity index (χ1) is 27.9. The summed E-state index contributed by atoms with van der Waals surface area (Å²) in [6.07, 6.45) is 4.36. The quantitative estimate of drug-likeness (QED) is 0.104. The number of ether oxygens (including phenoxy) is 1. The van der Waals surface area contributed by atoms with Crippen molar-refractivity contribution >= 4 is 93.9 Å². The minimum absolute atomic E-state index is 0.0881. The molecule has 6 aromatic rings. The van der Waals surface area contributed by atoms with Gasteiger partial charge >= 0.3 is 5.97 Å². The van der Waals surface area contributed by atoms with Gasteiger partial charge in [-0.05, 0) is 58.0 Å². The zero-order chi connectivity index (χ0) is 43.9. The average molecular weight is 949 g/mol. The highest BCUT2D eigenvalue weighted by atomic mass is 35.5. The number of aromatic amines is 2. The van der Waals surface area contributed by atoms with Gasteiger partial charge in [-0.1, -0.05) is 94.9 Å². The maximum Gasteiger partial charge on any atom is 0.303 e. The Morgan fingerprint density at radius 3 is 1.73 bits per heavy atom. The van der Waals surface area contributed by atoms with E-state index in [-0.39, 0.29) is 29.4 Å². The first-order valence-corrected chi connectivity index (χ1v) is 23.9. The van der Waals surface area contributed by atoms with E-state index in [1.807, 2.05) is 36.5 Å². The second-order valence-electron chi connectivity index (χ2n) is 15.1. The number of alkyl halides is 4. The minimum Gasteiger partial charge on any atom is -0.457 e. The van der Waals surface area contributed by atoms with Crippen molar-refractivity contribution in [2.45, 2.75) is 55.1 Å². The lowest BCUT2D eigenvalue weighted by molar-refractivity contribution is -0.149. The molecule has 320 valence electrons. The van der Waals surface area contributed by atoms with Crippen LogP contribution in [0.25, 0.3) is 21.8 Å². The molecule has 0 saturated heterocycles. The van der Waals surface area contributed by atoms with Crippen LogP contribution in [0.3, 0.4) is 0 Å². The fourth-order valence-electron chi connectivity index (χ4n) is 7.24. The topological polar surface area (TPSA) is 126 Å². The molecule has 4 aromatic carbocycles. The van der Waals surface area contributed by atoms with Crippen molar-refractivity contribution < 1.29 is 43.9 Å². The second-order valence-corrected chi connectivity index (χ2v) is 21.0. The molecule has 2 fully saturated rings. The molecule has 8 rings (SSSR count). The van der Waals surface area contributed by atoms with Gasteiger partial charge in [0.2, 0.25) is 0 Å². The predicted octanol–water partition coefficient (Wildman–Crippen LogP) is 11.8. The molecule has 4 atom stereocenters. The van der Waals surface area contributed by atoms with E-state index < -0.39 is 61.3 Å². The number of benzene rings is 4. The minimum atomic E-state index is -3.24. The zero-order valence-corrected chi connectivity index (χ0v) is 36.7. The SMILES string of the molecule is CC(=O)OC(c1ccc(Cl)cc1Cl)C1CC1(F)F.CS(=O)(=O)Cc1cccc2c(C(c3ccc(Cl)cc3Cl)C3CC3(F)F)c[nH]c12.CS(=O)(=O)Cc1cccc2cc[nH]c12. The second kappa shape index (κ2) is 17.5. The molecule has 0 radical (unpaired) electrons. The Morgan fingerprint density at radius 2 is 1.23 bits per heavy atom. The summed E-state index contributed by atoms with van der Waals surface area (Å²) in [5.41, 5.74) is 4.61. The molecule has 2 heterocycles. The molecule has 2 aliphatic rings. The van der Waals surface area contributed by atoms with Gasteiger partial charge in [-0.25, -0.2) is 34.4 Å². The van der Waals surface area contributed by atoms with Gasteiger partial charge < -0.3 is 14.7 Å². The number of carbonyl (C=O) groups is 1. The van der Waals surface area contributed by atoms with Crippen LogP contribution in [0.15, 0.2) is 91.3 Å². The summed E-state index contributed by atoms with van der Waals surface area (Å²) in [5.74, 6) is -8.73. The highest BCUT2D eigenvalue weighted by molar-refractivity contribution is 7.90. The maximum atomic E-state index is 14.1. The highest BCUT2D eigenvalue weighted by Gasteiger charge is 2.62. The molecule has 0 aliphatic heterocycles. The van der Waals surface area contributed by atoms with E-state index in [1.54, 1.807) is 36.5 Å². The van der Waals surface area contributed by atoms with Crippen LogP contribution in [0.5, 0.6) is 0 Å². The van der Waals surface area contributed by atoms with Crippen molar-refractivity contribution in [3.05, 3.63) is 139 Å². The summed E-state index contributed by atoms with van der Waals surface area (Å²) in [6, 6.07) is 22.2. The number of carbonyl (C=O) groups excluding carboxylic acids is 1. The van der Waals surface area contributed by atoms with Crippen LogP contribution >= 0.6 is 46.4 Å². The van der Waals surface area contributed by atoms with Crippen LogP contribution in [-0.4, -0.2) is 57.1 Å². The molecule has 4 unspecified atom stereocenters. The van der Waals surface area contributed by atoms with Crippen LogP contribution in [0.1, 0.15) is 59.6 Å². The summed E-state index contributed by atoms with van der Waals surface area (Å²) >= 11 is 24.0. The summed E-state index contributed by atoms with van der Waals surface area (Å²) in [7, 11) is -6.21. The summed E-state index contributed by atoms with van der Waals surface area (Å²) in [4.78, 5) is 17.2. The third-order valence-electron chi connectivity index (χ3n) is 10.1. The number of hydrogen-bond donors (Lipinski definition) is 2. The van der Waals surface area contributed by atoms with Crippen LogP contribution in [0, 0.1) is 11.8 Å². The summed E-state index contributed by atoms with van der Waals surface area (Å²) in [6.45, 7) is 1.18. The van der Waals surface area contributed by atoms with Crippen molar-refractivity contribution in [3.8, 4) is 0 Å². The number of halogens is 8. The molecule has 18 heteroatoms. The van der Waals surface area contributed by atoms with Crippen molar-refractivity contribution in [1.29, 1.82) is 0 Å². The van der Waals surface area contributed by atoms with Crippen molar-refractivity contribution in [2.75, 3.05) is 12.5 Å². The number of fused-ring (bicyclic) bond motifs is 2. The molecule has 0 bridgehead atoms. The highest BCUT2D eigenvalue weighted by Crippen LogP contribution is 2.60. The van der Waals surface area contributed by atoms with Gasteiger partial charge in [-0.15, -0.1) is 0 Å². The number of H-pyrrole nitrogens is 2. The Balaban J connectivity index is 0.000000162. The normalized spacial score (nSPS) is 18.7. The van der Waals surface area contributed by atoms with Crippen LogP contribution in [0.4, 0.5) is 17.6 Å². The van der Waals surface area contributed by atoms with Crippen LogP contribution < -0.4 is 0 Å². The van der Waals surface area contributed by atoms with E-state index >= 15 is 0 Å². The maximum absolute atomic E-state index is 14.1. The fraction of sp³-hybridized carbons (Fsp3) is 0.310. The Kier molecular flexibility index (Phi) is 13.4. The van der Waals surface area contributed by atoms with Gasteiger partial charge in [0.1, 0.15) is 6.10 Å². The van der Waals surface area contributed by atoms with E-state index in [9.17, 15) is 39.2 Å². The summed E-state index contributed by atoms with van der Waals surface area (Å²) in [5, 5.41) is 3.15. The standard InChI is InChI=1S/C20H17Cl2F2NO2S.C12H10Cl2F2O2.C10H11NO2S/c1-28(26,27)10-11-3-2-4-13-15(9-25-19(11)13)18(16-8-20(16,23)24)14-6-5-12(21)7-17(14)22;1-6(17)18-11(9-5-12(9,15)16)8-3-2-7(13)4-10(8)14;1-14(12,13)7-9-4-2-3-8-5-6-11-10(8)9/h2-7,9,16,18,25H,8,10H2,1H3;2-4,9,11H,5H2,1H3;2-6,11H,7H2,1H3. The zero-order valence-electron chi connectivity index (χ0n) is 32.1. The number of esters is 1. The van der Waals surface area contributed by atoms with Crippen LogP contribution in [0.2, 0.25) is 20.1 Å². The Hall–Kier alpha value is -3.79. The molecule has 2 saturated carbocycles. The predicted molar refractivity (Wildman–Crippen MR) is 229 cm³/mol. The molecule has 2 aromatic heterocycles. The molecular formula is C42H38Cl4F4N2O6S2. The first-order valence-electron chi connectivity index (χ1n) is 18.3. The number of hydrogen-bond acceptors (Lipinski definition) is 6. The van der Waals surface area contributed by atoms with E-state index in [1.165, 1.54) is 31.4 Å².